The van der Waals surface area contributed by atoms with Gasteiger partial charge >= 0.3 is 11.9 Å². The van der Waals surface area contributed by atoms with Crippen molar-refractivity contribution < 1.29 is 29.0 Å². The monoisotopic (exact) mass is 615 g/mol. The fourth-order valence-corrected chi connectivity index (χ4v) is 10.5. The van der Waals surface area contributed by atoms with Gasteiger partial charge in [-0.25, -0.2) is 4.79 Å². The van der Waals surface area contributed by atoms with Gasteiger partial charge in [0.1, 0.15) is 12.7 Å². The number of ether oxygens (including phenoxy) is 2. The summed E-state index contributed by atoms with van der Waals surface area (Å²) in [6.45, 7) is 15.4. The van der Waals surface area contributed by atoms with Gasteiger partial charge in [-0.05, 0) is 110 Å². The van der Waals surface area contributed by atoms with Crippen molar-refractivity contribution in [1.82, 2.24) is 5.32 Å². The third kappa shape index (κ3) is 7.73. The highest BCUT2D eigenvalue weighted by atomic mass is 16.5. The highest BCUT2D eigenvalue weighted by Crippen LogP contribution is 2.68. The smallest absolute Gasteiger partial charge is 0.331 e. The number of fused-ring (bicyclic) bond motifs is 5. The van der Waals surface area contributed by atoms with Gasteiger partial charge in [-0.2, -0.15) is 0 Å². The van der Waals surface area contributed by atoms with Gasteiger partial charge in [0.25, 0.3) is 0 Å². The van der Waals surface area contributed by atoms with E-state index in [1.165, 1.54) is 63.9 Å². The SMILES string of the molecule is C=CCOC(=O)[C@H](CO)NC(=O)CCC(=O)O[C@H]1CC[C@@]2(C)[C@@H](CC[C@@H]3[C@@H]2CC[C@]2(C)[C@@H]([C@H](C)CCCC(C)C)CC[C@@H]32)C1. The van der Waals surface area contributed by atoms with E-state index in [2.05, 4.69) is 46.5 Å². The van der Waals surface area contributed by atoms with Crippen LogP contribution in [0, 0.1) is 52.3 Å². The van der Waals surface area contributed by atoms with Gasteiger partial charge in [-0.3, -0.25) is 9.59 Å². The van der Waals surface area contributed by atoms with Crippen LogP contribution >= 0.6 is 0 Å². The number of aliphatic hydroxyl groups is 1. The number of carbonyl (C=O) groups is 3. The van der Waals surface area contributed by atoms with Gasteiger partial charge in [-0.1, -0.05) is 66.5 Å². The maximum atomic E-state index is 12.7. The van der Waals surface area contributed by atoms with E-state index in [4.69, 9.17) is 9.47 Å². The lowest BCUT2D eigenvalue weighted by molar-refractivity contribution is -0.163. The molecule has 0 aromatic carbocycles. The van der Waals surface area contributed by atoms with Crippen molar-refractivity contribution in [3.8, 4) is 0 Å². The molecule has 4 fully saturated rings. The number of esters is 2. The predicted octanol–water partition coefficient (Wildman–Crippen LogP) is 7.01. The van der Waals surface area contributed by atoms with Crippen LogP contribution < -0.4 is 5.32 Å². The Morgan fingerprint density at radius 3 is 2.39 bits per heavy atom. The number of rotatable bonds is 14. The largest absolute Gasteiger partial charge is 0.462 e. The Morgan fingerprint density at radius 2 is 1.68 bits per heavy atom. The van der Waals surface area contributed by atoms with Gasteiger partial charge in [0.15, 0.2) is 6.04 Å². The quantitative estimate of drug-likeness (QED) is 0.161. The van der Waals surface area contributed by atoms with E-state index in [-0.39, 0.29) is 31.5 Å². The maximum Gasteiger partial charge on any atom is 0.331 e. The lowest BCUT2D eigenvalue weighted by Crippen LogP contribution is -2.54. The summed E-state index contributed by atoms with van der Waals surface area (Å²) in [5.41, 5.74) is 0.831. The van der Waals surface area contributed by atoms with E-state index < -0.39 is 24.5 Å². The predicted molar refractivity (Wildman–Crippen MR) is 172 cm³/mol. The molecule has 0 aromatic rings. The summed E-state index contributed by atoms with van der Waals surface area (Å²) < 4.78 is 10.8. The summed E-state index contributed by atoms with van der Waals surface area (Å²) in [4.78, 5) is 37.0. The number of hydrogen-bond acceptors (Lipinski definition) is 6. The molecule has 4 aliphatic rings. The highest BCUT2D eigenvalue weighted by Gasteiger charge is 2.60. The standard InChI is InChI=1S/C37H61NO6/c1-7-21-43-35(42)32(23-39)38-33(40)15-16-34(41)44-27-17-19-36(5)26(22-27)11-12-28-30-14-13-29(25(4)10-8-9-24(2)3)37(30,6)20-18-31(28)36/h7,24-32,39H,1,8-23H2,2-6H3,(H,38,40)/t25-,26+,27+,28+,29-,30+,31+,32+,36+,37-/m1/s1. The van der Waals surface area contributed by atoms with E-state index in [1.54, 1.807) is 0 Å². The lowest BCUT2D eigenvalue weighted by atomic mass is 9.44. The number of amides is 1. The molecule has 10 atom stereocenters. The first-order chi connectivity index (χ1) is 20.9. The molecule has 44 heavy (non-hydrogen) atoms. The van der Waals surface area contributed by atoms with Gasteiger partial charge in [0.2, 0.25) is 5.91 Å². The van der Waals surface area contributed by atoms with E-state index in [0.29, 0.717) is 16.7 Å². The molecule has 7 heteroatoms. The first-order valence-electron chi connectivity index (χ1n) is 17.8. The summed E-state index contributed by atoms with van der Waals surface area (Å²) in [5, 5.41) is 11.9. The molecule has 7 nitrogen and oxygen atoms in total. The Bertz CT molecular complexity index is 1010. The van der Waals surface area contributed by atoms with Crippen molar-refractivity contribution in [3.63, 3.8) is 0 Å². The number of nitrogens with one attached hydrogen (secondary N) is 1. The number of carbonyl (C=O) groups excluding carboxylic acids is 3. The second kappa shape index (κ2) is 15.1. The van der Waals surface area contributed by atoms with Crippen molar-refractivity contribution in [2.45, 2.75) is 137 Å². The maximum absolute atomic E-state index is 12.7. The Hall–Kier alpha value is -1.89. The Kier molecular flexibility index (Phi) is 12.0. The summed E-state index contributed by atoms with van der Waals surface area (Å²) in [7, 11) is 0. The molecule has 0 radical (unpaired) electrons. The average Bonchev–Trinajstić information content (AvgIpc) is 3.34. The molecule has 4 saturated carbocycles. The Morgan fingerprint density at radius 1 is 0.955 bits per heavy atom. The van der Waals surface area contributed by atoms with E-state index in [1.807, 2.05) is 0 Å². The molecule has 0 aliphatic heterocycles. The molecule has 2 N–H and O–H groups in total. The minimum Gasteiger partial charge on any atom is -0.462 e. The molecule has 0 spiro atoms. The molecular formula is C37H61NO6. The molecule has 0 unspecified atom stereocenters. The third-order valence-corrected chi connectivity index (χ3v) is 12.8. The Labute approximate surface area is 266 Å². The topological polar surface area (TPSA) is 102 Å². The van der Waals surface area contributed by atoms with Crippen molar-refractivity contribution in [3.05, 3.63) is 12.7 Å². The zero-order valence-corrected chi connectivity index (χ0v) is 28.3. The zero-order valence-electron chi connectivity index (χ0n) is 28.3. The first kappa shape index (κ1) is 35.0. The van der Waals surface area contributed by atoms with Crippen LogP contribution in [0.4, 0.5) is 0 Å². The normalized spacial score (nSPS) is 35.9. The Balaban J connectivity index is 1.26. The molecule has 4 aliphatic carbocycles. The summed E-state index contributed by atoms with van der Waals surface area (Å²) in [6, 6.07) is -1.16. The van der Waals surface area contributed by atoms with Crippen LogP contribution in [0.25, 0.3) is 0 Å². The summed E-state index contributed by atoms with van der Waals surface area (Å²) >= 11 is 0. The van der Waals surface area contributed by atoms with Crippen LogP contribution in [0.3, 0.4) is 0 Å². The third-order valence-electron chi connectivity index (χ3n) is 12.8. The van der Waals surface area contributed by atoms with Crippen LogP contribution in [0.15, 0.2) is 12.7 Å². The van der Waals surface area contributed by atoms with Gasteiger partial charge in [0.05, 0.1) is 13.0 Å². The molecule has 0 heterocycles. The minimum absolute atomic E-state index is 0.00124. The average molecular weight is 616 g/mol. The fraction of sp³-hybridized carbons (Fsp3) is 0.865. The molecule has 0 bridgehead atoms. The summed E-state index contributed by atoms with van der Waals surface area (Å²) in [6.07, 6.45) is 16.4. The summed E-state index contributed by atoms with van der Waals surface area (Å²) in [5.74, 6) is 4.00. The van der Waals surface area contributed by atoms with Crippen LogP contribution in [0.2, 0.25) is 0 Å². The second-order valence-corrected chi connectivity index (χ2v) is 15.8. The van der Waals surface area contributed by atoms with Crippen molar-refractivity contribution in [2.75, 3.05) is 13.2 Å². The van der Waals surface area contributed by atoms with Crippen LogP contribution in [0.5, 0.6) is 0 Å². The van der Waals surface area contributed by atoms with Crippen molar-refractivity contribution >= 4 is 17.8 Å². The van der Waals surface area contributed by atoms with Crippen LogP contribution in [-0.2, 0) is 23.9 Å². The van der Waals surface area contributed by atoms with Crippen LogP contribution in [-0.4, -0.2) is 48.3 Å². The molecule has 4 rings (SSSR count). The fourth-order valence-electron chi connectivity index (χ4n) is 10.5. The minimum atomic E-state index is -1.16. The van der Waals surface area contributed by atoms with E-state index in [9.17, 15) is 19.5 Å². The molecule has 1 amide bonds. The second-order valence-electron chi connectivity index (χ2n) is 15.8. The van der Waals surface area contributed by atoms with Crippen molar-refractivity contribution in [2.24, 2.45) is 52.3 Å². The molecule has 250 valence electrons. The van der Waals surface area contributed by atoms with Gasteiger partial charge in [0, 0.05) is 6.42 Å². The van der Waals surface area contributed by atoms with Gasteiger partial charge < -0.3 is 19.9 Å². The van der Waals surface area contributed by atoms with Crippen molar-refractivity contribution in [1.29, 1.82) is 0 Å². The van der Waals surface area contributed by atoms with E-state index in [0.717, 1.165) is 54.8 Å². The zero-order chi connectivity index (χ0) is 32.1. The molecule has 0 aromatic heterocycles. The molecule has 0 saturated heterocycles. The lowest BCUT2D eigenvalue weighted by Gasteiger charge is -2.61. The first-order valence-corrected chi connectivity index (χ1v) is 17.8. The van der Waals surface area contributed by atoms with Crippen LogP contribution in [0.1, 0.15) is 125 Å². The number of hydrogen-bond donors (Lipinski definition) is 2. The molecular weight excluding hydrogens is 554 g/mol. The van der Waals surface area contributed by atoms with Gasteiger partial charge in [-0.15, -0.1) is 0 Å². The van der Waals surface area contributed by atoms with E-state index >= 15 is 0 Å². The highest BCUT2D eigenvalue weighted by molar-refractivity contribution is 5.86. The number of aliphatic hydroxyl groups excluding tert-OH is 1.